The molecule has 0 aliphatic carbocycles. The molecule has 120 valence electrons. The van der Waals surface area contributed by atoms with Gasteiger partial charge in [-0.15, -0.1) is 0 Å². The average molecular weight is 332 g/mol. The van der Waals surface area contributed by atoms with Crippen LogP contribution >= 0.6 is 0 Å². The second kappa shape index (κ2) is 5.01. The summed E-state index contributed by atoms with van der Waals surface area (Å²) in [6.45, 7) is 0. The van der Waals surface area contributed by atoms with Gasteiger partial charge in [0.1, 0.15) is 5.75 Å². The molecule has 22 heavy (non-hydrogen) atoms. The predicted molar refractivity (Wildman–Crippen MR) is 76.3 cm³/mol. The van der Waals surface area contributed by atoms with Crippen molar-refractivity contribution >= 4 is 15.4 Å². The molecule has 0 saturated carbocycles. The molecule has 2 bridgehead atoms. The molecule has 2 unspecified atom stereocenters. The lowest BCUT2D eigenvalue weighted by Gasteiger charge is -2.21. The van der Waals surface area contributed by atoms with Crippen LogP contribution in [0, 0.1) is 0 Å². The highest BCUT2D eigenvalue weighted by atomic mass is 32.2. The topological polar surface area (TPSA) is 43.4 Å². The molecule has 3 nitrogen and oxygen atoms in total. The molecular formula is C15H15F3O3S. The molecule has 0 spiro atoms. The number of allylic oxidation sites excluding steroid dienone is 1. The lowest BCUT2D eigenvalue weighted by Crippen LogP contribution is -2.26. The fraction of sp³-hybridized carbons (Fsp3) is 0.467. The maximum absolute atomic E-state index is 12.9. The molecule has 0 aromatic heterocycles. The van der Waals surface area contributed by atoms with E-state index in [1.54, 1.807) is 6.08 Å². The summed E-state index contributed by atoms with van der Waals surface area (Å²) in [5, 5.41) is -0.916. The minimum absolute atomic E-state index is 0.244. The standard InChI is InChI=1S/C15H15F3O3S/c1-21-14-8-9(2-5-13(14)15(16,17)18)10-6-11-3-4-12(7-10)22(11,19)20/h2,5-6,8,11-12H,3-4,7H2,1H3. The number of rotatable bonds is 2. The zero-order valence-corrected chi connectivity index (χ0v) is 12.7. The van der Waals surface area contributed by atoms with Gasteiger partial charge >= 0.3 is 6.18 Å². The number of methoxy groups -OCH3 is 1. The van der Waals surface area contributed by atoms with E-state index in [0.29, 0.717) is 24.8 Å². The SMILES string of the molecule is COc1cc(C2=CC3CCC(C2)S3(=O)=O)ccc1C(F)(F)F. The summed E-state index contributed by atoms with van der Waals surface area (Å²) in [5.41, 5.74) is 0.553. The molecule has 1 aromatic carbocycles. The van der Waals surface area contributed by atoms with Gasteiger partial charge in [-0.05, 0) is 42.5 Å². The van der Waals surface area contributed by atoms with E-state index in [4.69, 9.17) is 4.74 Å². The normalized spacial score (nSPS) is 26.6. The van der Waals surface area contributed by atoms with Crippen molar-refractivity contribution in [2.45, 2.75) is 35.9 Å². The highest BCUT2D eigenvalue weighted by Gasteiger charge is 2.43. The van der Waals surface area contributed by atoms with Crippen molar-refractivity contribution in [1.82, 2.24) is 0 Å². The Morgan fingerprint density at radius 1 is 1.23 bits per heavy atom. The van der Waals surface area contributed by atoms with E-state index in [0.717, 1.165) is 11.6 Å². The fourth-order valence-corrected chi connectivity index (χ4v) is 5.39. The first-order valence-corrected chi connectivity index (χ1v) is 8.53. The minimum atomic E-state index is -4.48. The minimum Gasteiger partial charge on any atom is -0.496 e. The molecule has 3 rings (SSSR count). The van der Waals surface area contributed by atoms with E-state index in [-0.39, 0.29) is 5.75 Å². The maximum Gasteiger partial charge on any atom is 0.419 e. The molecule has 1 saturated heterocycles. The van der Waals surface area contributed by atoms with Crippen LogP contribution in [0.5, 0.6) is 5.75 Å². The van der Waals surface area contributed by atoms with Gasteiger partial charge in [0, 0.05) is 0 Å². The van der Waals surface area contributed by atoms with Gasteiger partial charge in [-0.2, -0.15) is 13.2 Å². The van der Waals surface area contributed by atoms with Gasteiger partial charge in [0.2, 0.25) is 0 Å². The van der Waals surface area contributed by atoms with Crippen LogP contribution in [-0.4, -0.2) is 26.0 Å². The van der Waals surface area contributed by atoms with Crippen LogP contribution in [0.2, 0.25) is 0 Å². The number of fused-ring (bicyclic) bond motifs is 2. The van der Waals surface area contributed by atoms with E-state index >= 15 is 0 Å². The Kier molecular flexibility index (Phi) is 3.51. The Balaban J connectivity index is 2.01. The molecule has 2 heterocycles. The Labute approximate surface area is 126 Å². The van der Waals surface area contributed by atoms with Crippen LogP contribution in [0.1, 0.15) is 30.4 Å². The van der Waals surface area contributed by atoms with Crippen molar-refractivity contribution in [2.75, 3.05) is 7.11 Å². The van der Waals surface area contributed by atoms with Gasteiger partial charge in [-0.3, -0.25) is 0 Å². The smallest absolute Gasteiger partial charge is 0.419 e. The molecule has 0 radical (unpaired) electrons. The molecule has 0 N–H and O–H groups in total. The number of hydrogen-bond donors (Lipinski definition) is 0. The summed E-state index contributed by atoms with van der Waals surface area (Å²) in [6, 6.07) is 3.71. The molecule has 2 atom stereocenters. The van der Waals surface area contributed by atoms with Crippen LogP contribution < -0.4 is 4.74 Å². The first-order valence-electron chi connectivity index (χ1n) is 6.92. The Hall–Kier alpha value is -1.50. The molecule has 2 aliphatic rings. The average Bonchev–Trinajstić information content (AvgIpc) is 2.66. The van der Waals surface area contributed by atoms with Crippen LogP contribution in [0.15, 0.2) is 24.3 Å². The third kappa shape index (κ3) is 2.41. The summed E-state index contributed by atoms with van der Waals surface area (Å²) in [6.07, 6.45) is -1.24. The van der Waals surface area contributed by atoms with Gasteiger partial charge in [0.05, 0.1) is 23.2 Å². The number of halogens is 3. The van der Waals surface area contributed by atoms with Gasteiger partial charge in [0.15, 0.2) is 9.84 Å². The third-order valence-corrected chi connectivity index (χ3v) is 6.92. The van der Waals surface area contributed by atoms with E-state index in [1.165, 1.54) is 19.2 Å². The van der Waals surface area contributed by atoms with Crippen LogP contribution in [0.4, 0.5) is 13.2 Å². The molecule has 2 aliphatic heterocycles. The summed E-state index contributed by atoms with van der Waals surface area (Å²) >= 11 is 0. The molecule has 1 aromatic rings. The summed E-state index contributed by atoms with van der Waals surface area (Å²) < 4.78 is 67.5. The second-order valence-corrected chi connectivity index (χ2v) is 8.09. The zero-order valence-electron chi connectivity index (χ0n) is 11.9. The largest absolute Gasteiger partial charge is 0.496 e. The predicted octanol–water partition coefficient (Wildman–Crippen LogP) is 3.45. The van der Waals surface area contributed by atoms with Crippen molar-refractivity contribution in [1.29, 1.82) is 0 Å². The van der Waals surface area contributed by atoms with Crippen molar-refractivity contribution in [2.24, 2.45) is 0 Å². The van der Waals surface area contributed by atoms with Crippen LogP contribution in [-0.2, 0) is 16.0 Å². The number of hydrogen-bond acceptors (Lipinski definition) is 3. The van der Waals surface area contributed by atoms with Gasteiger partial charge in [-0.1, -0.05) is 12.1 Å². The highest BCUT2D eigenvalue weighted by molar-refractivity contribution is 7.93. The van der Waals surface area contributed by atoms with E-state index < -0.39 is 32.1 Å². The lowest BCUT2D eigenvalue weighted by atomic mass is 9.98. The monoisotopic (exact) mass is 332 g/mol. The van der Waals surface area contributed by atoms with Crippen molar-refractivity contribution in [3.05, 3.63) is 35.4 Å². The van der Waals surface area contributed by atoms with E-state index in [2.05, 4.69) is 0 Å². The zero-order chi connectivity index (χ0) is 16.1. The van der Waals surface area contributed by atoms with Crippen LogP contribution in [0.3, 0.4) is 0 Å². The Morgan fingerprint density at radius 2 is 1.95 bits per heavy atom. The van der Waals surface area contributed by atoms with Gasteiger partial charge in [-0.25, -0.2) is 8.42 Å². The molecule has 0 amide bonds. The number of ether oxygens (including phenoxy) is 1. The second-order valence-electron chi connectivity index (χ2n) is 5.64. The molecule has 7 heteroatoms. The van der Waals surface area contributed by atoms with Crippen molar-refractivity contribution in [3.8, 4) is 5.75 Å². The van der Waals surface area contributed by atoms with Crippen molar-refractivity contribution in [3.63, 3.8) is 0 Å². The van der Waals surface area contributed by atoms with Crippen molar-refractivity contribution < 1.29 is 26.3 Å². The third-order valence-electron chi connectivity index (χ3n) is 4.37. The first-order chi connectivity index (χ1) is 10.2. The Bertz CT molecular complexity index is 735. The number of sulfone groups is 1. The number of alkyl halides is 3. The lowest BCUT2D eigenvalue weighted by molar-refractivity contribution is -0.138. The summed E-state index contributed by atoms with van der Waals surface area (Å²) in [7, 11) is -1.91. The fourth-order valence-electron chi connectivity index (χ4n) is 3.20. The van der Waals surface area contributed by atoms with Crippen LogP contribution in [0.25, 0.3) is 5.57 Å². The van der Waals surface area contributed by atoms with E-state index in [1.807, 2.05) is 0 Å². The maximum atomic E-state index is 12.9. The Morgan fingerprint density at radius 3 is 2.55 bits per heavy atom. The van der Waals surface area contributed by atoms with Gasteiger partial charge in [0.25, 0.3) is 0 Å². The van der Waals surface area contributed by atoms with E-state index in [9.17, 15) is 21.6 Å². The summed E-state index contributed by atoms with van der Waals surface area (Å²) in [5.74, 6) is -0.244. The number of benzene rings is 1. The molecule has 1 fully saturated rings. The summed E-state index contributed by atoms with van der Waals surface area (Å²) in [4.78, 5) is 0. The highest BCUT2D eigenvalue weighted by Crippen LogP contribution is 2.43. The first kappa shape index (κ1) is 15.4. The quantitative estimate of drug-likeness (QED) is 0.833. The van der Waals surface area contributed by atoms with Gasteiger partial charge < -0.3 is 4.74 Å². The molecular weight excluding hydrogens is 317 g/mol.